The number of nitrogens with one attached hydrogen (secondary N) is 1. The summed E-state index contributed by atoms with van der Waals surface area (Å²) >= 11 is 0. The molecule has 1 aliphatic rings. The van der Waals surface area contributed by atoms with Crippen LogP contribution >= 0.6 is 0 Å². The number of aryl methyl sites for hydroxylation is 1. The minimum Gasteiger partial charge on any atom is -0.444 e. The molecule has 0 aromatic carbocycles. The summed E-state index contributed by atoms with van der Waals surface area (Å²) in [6.07, 6.45) is 4.58. The number of aromatic nitrogens is 2. The molecule has 1 fully saturated rings. The van der Waals surface area contributed by atoms with E-state index in [2.05, 4.69) is 20.2 Å². The molecule has 0 radical (unpaired) electrons. The van der Waals surface area contributed by atoms with Crippen LogP contribution in [0.15, 0.2) is 12.4 Å². The number of piperidine rings is 1. The molecule has 0 spiro atoms. The standard InChI is InChI=1S/C16H26N4O2/c1-12-9-14(19-11-18-12)20-8-6-5-7-13(20)10-17-15(21)22-16(2,3)4/h9,11,13H,5-8,10H2,1-4H3,(H,17,21). The number of amides is 1. The lowest BCUT2D eigenvalue weighted by atomic mass is 10.0. The molecule has 2 rings (SSSR count). The van der Waals surface area contributed by atoms with Crippen LogP contribution in [0.5, 0.6) is 0 Å². The third-order valence-corrected chi connectivity index (χ3v) is 3.59. The molecule has 1 unspecified atom stereocenters. The van der Waals surface area contributed by atoms with Gasteiger partial charge in [0.15, 0.2) is 0 Å². The average Bonchev–Trinajstić information content (AvgIpc) is 2.44. The van der Waals surface area contributed by atoms with Gasteiger partial charge in [0, 0.05) is 30.9 Å². The molecule has 6 heteroatoms. The lowest BCUT2D eigenvalue weighted by Crippen LogP contribution is -2.48. The van der Waals surface area contributed by atoms with Crippen LogP contribution in [0.25, 0.3) is 0 Å². The van der Waals surface area contributed by atoms with E-state index in [0.29, 0.717) is 6.54 Å². The molecule has 122 valence electrons. The number of carbonyl (C=O) groups excluding carboxylic acids is 1. The number of anilines is 1. The SMILES string of the molecule is Cc1cc(N2CCCCC2CNC(=O)OC(C)(C)C)ncn1. The fourth-order valence-corrected chi connectivity index (χ4v) is 2.63. The Balaban J connectivity index is 1.97. The van der Waals surface area contributed by atoms with Crippen LogP contribution in [-0.2, 0) is 4.74 Å². The Morgan fingerprint density at radius 2 is 2.18 bits per heavy atom. The first-order chi connectivity index (χ1) is 10.3. The van der Waals surface area contributed by atoms with Gasteiger partial charge >= 0.3 is 6.09 Å². The van der Waals surface area contributed by atoms with Gasteiger partial charge in [-0.2, -0.15) is 0 Å². The van der Waals surface area contributed by atoms with Crippen molar-refractivity contribution in [3.05, 3.63) is 18.1 Å². The molecule has 1 atom stereocenters. The van der Waals surface area contributed by atoms with Gasteiger partial charge in [-0.15, -0.1) is 0 Å². The zero-order valence-corrected chi connectivity index (χ0v) is 13.9. The second-order valence-electron chi connectivity index (χ2n) is 6.74. The normalized spacial score (nSPS) is 18.9. The third-order valence-electron chi connectivity index (χ3n) is 3.59. The maximum Gasteiger partial charge on any atom is 0.407 e. The van der Waals surface area contributed by atoms with Crippen LogP contribution < -0.4 is 10.2 Å². The fourth-order valence-electron chi connectivity index (χ4n) is 2.63. The minimum atomic E-state index is -0.472. The molecule has 22 heavy (non-hydrogen) atoms. The molecule has 0 aliphatic carbocycles. The second kappa shape index (κ2) is 6.94. The Morgan fingerprint density at radius 1 is 1.41 bits per heavy atom. The zero-order chi connectivity index (χ0) is 16.2. The van der Waals surface area contributed by atoms with E-state index in [1.807, 2.05) is 33.8 Å². The highest BCUT2D eigenvalue weighted by Crippen LogP contribution is 2.22. The van der Waals surface area contributed by atoms with Gasteiger partial charge in [-0.05, 0) is 47.0 Å². The number of rotatable bonds is 3. The fraction of sp³-hybridized carbons (Fsp3) is 0.688. The molecule has 0 saturated carbocycles. The van der Waals surface area contributed by atoms with Crippen molar-refractivity contribution in [2.75, 3.05) is 18.0 Å². The number of ether oxygens (including phenoxy) is 1. The minimum absolute atomic E-state index is 0.246. The molecule has 1 saturated heterocycles. The Morgan fingerprint density at radius 3 is 2.86 bits per heavy atom. The quantitative estimate of drug-likeness (QED) is 0.930. The summed E-state index contributed by atoms with van der Waals surface area (Å²) in [7, 11) is 0. The van der Waals surface area contributed by atoms with Crippen LogP contribution in [0.4, 0.5) is 10.6 Å². The van der Waals surface area contributed by atoms with E-state index in [0.717, 1.165) is 30.9 Å². The Labute approximate surface area is 132 Å². The van der Waals surface area contributed by atoms with Crippen molar-refractivity contribution < 1.29 is 9.53 Å². The van der Waals surface area contributed by atoms with Crippen molar-refractivity contribution in [3.63, 3.8) is 0 Å². The molecule has 0 bridgehead atoms. The van der Waals surface area contributed by atoms with Gasteiger partial charge in [0.05, 0.1) is 0 Å². The maximum atomic E-state index is 11.8. The highest BCUT2D eigenvalue weighted by molar-refractivity contribution is 5.67. The number of alkyl carbamates (subject to hydrolysis) is 1. The number of carbonyl (C=O) groups is 1. The van der Waals surface area contributed by atoms with Gasteiger partial charge in [-0.3, -0.25) is 0 Å². The molecule has 1 N–H and O–H groups in total. The van der Waals surface area contributed by atoms with Crippen LogP contribution in [0.3, 0.4) is 0 Å². The summed E-state index contributed by atoms with van der Waals surface area (Å²) in [6.45, 7) is 9.08. The predicted octanol–water partition coefficient (Wildman–Crippen LogP) is 2.67. The summed E-state index contributed by atoms with van der Waals surface area (Å²) in [6, 6.07) is 2.24. The van der Waals surface area contributed by atoms with E-state index in [9.17, 15) is 4.79 Å². The molecule has 1 aromatic rings. The molecule has 1 aromatic heterocycles. The van der Waals surface area contributed by atoms with E-state index < -0.39 is 5.60 Å². The van der Waals surface area contributed by atoms with Gasteiger partial charge in [0.25, 0.3) is 0 Å². The van der Waals surface area contributed by atoms with Crippen molar-refractivity contribution in [1.29, 1.82) is 0 Å². The van der Waals surface area contributed by atoms with Gasteiger partial charge in [-0.1, -0.05) is 0 Å². The number of hydrogen-bond acceptors (Lipinski definition) is 5. The third kappa shape index (κ3) is 4.86. The summed E-state index contributed by atoms with van der Waals surface area (Å²) in [4.78, 5) is 22.6. The molecule has 6 nitrogen and oxygen atoms in total. The molecular formula is C16H26N4O2. The first kappa shape index (κ1) is 16.5. The van der Waals surface area contributed by atoms with E-state index in [-0.39, 0.29) is 12.1 Å². The topological polar surface area (TPSA) is 67.4 Å². The van der Waals surface area contributed by atoms with Crippen LogP contribution in [0.1, 0.15) is 45.7 Å². The lowest BCUT2D eigenvalue weighted by Gasteiger charge is -2.36. The monoisotopic (exact) mass is 306 g/mol. The van der Waals surface area contributed by atoms with Crippen molar-refractivity contribution >= 4 is 11.9 Å². The Hall–Kier alpha value is -1.85. The van der Waals surface area contributed by atoms with Crippen molar-refractivity contribution in [1.82, 2.24) is 15.3 Å². The first-order valence-electron chi connectivity index (χ1n) is 7.87. The first-order valence-corrected chi connectivity index (χ1v) is 7.87. The Bertz CT molecular complexity index is 513. The summed E-state index contributed by atoms with van der Waals surface area (Å²) in [5.74, 6) is 0.934. The van der Waals surface area contributed by atoms with Crippen LogP contribution in [0, 0.1) is 6.92 Å². The van der Waals surface area contributed by atoms with Gasteiger partial charge in [0.2, 0.25) is 0 Å². The summed E-state index contributed by atoms with van der Waals surface area (Å²) < 4.78 is 5.29. The van der Waals surface area contributed by atoms with Crippen LogP contribution in [-0.4, -0.2) is 40.8 Å². The van der Waals surface area contributed by atoms with Gasteiger partial charge in [-0.25, -0.2) is 14.8 Å². The Kier molecular flexibility index (Phi) is 5.21. The molecule has 1 aliphatic heterocycles. The molecular weight excluding hydrogens is 280 g/mol. The number of nitrogens with zero attached hydrogens (tertiary/aromatic N) is 3. The second-order valence-corrected chi connectivity index (χ2v) is 6.74. The smallest absolute Gasteiger partial charge is 0.407 e. The van der Waals surface area contributed by atoms with E-state index in [4.69, 9.17) is 4.74 Å². The summed E-state index contributed by atoms with van der Waals surface area (Å²) in [5.41, 5.74) is 0.481. The largest absolute Gasteiger partial charge is 0.444 e. The average molecular weight is 306 g/mol. The maximum absolute atomic E-state index is 11.8. The van der Waals surface area contributed by atoms with E-state index in [1.54, 1.807) is 6.33 Å². The lowest BCUT2D eigenvalue weighted by molar-refractivity contribution is 0.0523. The number of hydrogen-bond donors (Lipinski definition) is 1. The molecule has 2 heterocycles. The highest BCUT2D eigenvalue weighted by atomic mass is 16.6. The molecule has 1 amide bonds. The predicted molar refractivity (Wildman–Crippen MR) is 86.0 cm³/mol. The van der Waals surface area contributed by atoms with Crippen molar-refractivity contribution in [2.45, 2.75) is 58.6 Å². The zero-order valence-electron chi connectivity index (χ0n) is 13.9. The van der Waals surface area contributed by atoms with Crippen molar-refractivity contribution in [3.8, 4) is 0 Å². The van der Waals surface area contributed by atoms with Gasteiger partial charge in [0.1, 0.15) is 17.7 Å². The van der Waals surface area contributed by atoms with Gasteiger partial charge < -0.3 is 15.0 Å². The highest BCUT2D eigenvalue weighted by Gasteiger charge is 2.25. The van der Waals surface area contributed by atoms with E-state index >= 15 is 0 Å². The summed E-state index contributed by atoms with van der Waals surface area (Å²) in [5, 5.41) is 2.88. The van der Waals surface area contributed by atoms with E-state index in [1.165, 1.54) is 6.42 Å². The van der Waals surface area contributed by atoms with Crippen molar-refractivity contribution in [2.24, 2.45) is 0 Å². The van der Waals surface area contributed by atoms with Crippen LogP contribution in [0.2, 0.25) is 0 Å².